The lowest BCUT2D eigenvalue weighted by Crippen LogP contribution is -2.14. The van der Waals surface area contributed by atoms with Gasteiger partial charge in [-0.2, -0.15) is 0 Å². The van der Waals surface area contributed by atoms with Gasteiger partial charge < -0.3 is 15.4 Å². The van der Waals surface area contributed by atoms with Crippen molar-refractivity contribution in [1.29, 1.82) is 0 Å². The number of carbonyl (C=O) groups excluding carboxylic acids is 2. The molecule has 3 rings (SSSR count). The Morgan fingerprint density at radius 1 is 0.935 bits per heavy atom. The Labute approximate surface area is 182 Å². The van der Waals surface area contributed by atoms with E-state index >= 15 is 0 Å². The Hall–Kier alpha value is -3.91. The average molecular weight is 440 g/mol. The molecule has 0 atom stereocenters. The molecule has 3 aromatic carbocycles. The zero-order valence-electron chi connectivity index (χ0n) is 16.4. The number of anilines is 2. The molecule has 0 bridgehead atoms. The van der Waals surface area contributed by atoms with Crippen LogP contribution in [-0.4, -0.2) is 23.3 Å². The van der Waals surface area contributed by atoms with E-state index in [4.69, 9.17) is 16.3 Å². The van der Waals surface area contributed by atoms with Gasteiger partial charge >= 0.3 is 5.69 Å². The first-order chi connectivity index (χ1) is 14.9. The Bertz CT molecular complexity index is 1150. The molecule has 0 aromatic heterocycles. The molecular formula is C22H18ClN3O5. The average Bonchev–Trinajstić information content (AvgIpc) is 2.74. The van der Waals surface area contributed by atoms with Gasteiger partial charge in [-0.1, -0.05) is 23.7 Å². The SMILES string of the molecule is CCOc1ccc(C(=O)Nc2cccc(NC(=O)c3cccc(Cl)c3)c2)cc1[N+](=O)[O-]. The van der Waals surface area contributed by atoms with Crippen molar-refractivity contribution >= 4 is 40.5 Å². The number of nitrogens with zero attached hydrogens (tertiary/aromatic N) is 1. The first-order valence-corrected chi connectivity index (χ1v) is 9.64. The van der Waals surface area contributed by atoms with Gasteiger partial charge in [0.05, 0.1) is 11.5 Å². The van der Waals surface area contributed by atoms with Crippen molar-refractivity contribution in [1.82, 2.24) is 0 Å². The Kier molecular flexibility index (Phi) is 6.84. The second-order valence-electron chi connectivity index (χ2n) is 6.37. The largest absolute Gasteiger partial charge is 0.487 e. The molecule has 2 amide bonds. The summed E-state index contributed by atoms with van der Waals surface area (Å²) >= 11 is 5.91. The molecular weight excluding hydrogens is 422 g/mol. The summed E-state index contributed by atoms with van der Waals surface area (Å²) in [6, 6.07) is 17.0. The van der Waals surface area contributed by atoms with Crippen LogP contribution in [0.1, 0.15) is 27.6 Å². The number of benzene rings is 3. The molecule has 3 aromatic rings. The highest BCUT2D eigenvalue weighted by Gasteiger charge is 2.19. The molecule has 0 aliphatic heterocycles. The number of nitro groups is 1. The van der Waals surface area contributed by atoms with E-state index in [9.17, 15) is 19.7 Å². The number of ether oxygens (including phenoxy) is 1. The lowest BCUT2D eigenvalue weighted by molar-refractivity contribution is -0.385. The summed E-state index contributed by atoms with van der Waals surface area (Å²) in [5.41, 5.74) is 1.06. The van der Waals surface area contributed by atoms with E-state index < -0.39 is 10.8 Å². The van der Waals surface area contributed by atoms with Crippen LogP contribution in [0.5, 0.6) is 5.75 Å². The number of halogens is 1. The van der Waals surface area contributed by atoms with E-state index in [1.54, 1.807) is 55.5 Å². The lowest BCUT2D eigenvalue weighted by atomic mass is 10.1. The van der Waals surface area contributed by atoms with Crippen LogP contribution in [0.2, 0.25) is 5.02 Å². The summed E-state index contributed by atoms with van der Waals surface area (Å²) in [5, 5.41) is 17.1. The molecule has 0 aliphatic carbocycles. The molecule has 8 nitrogen and oxygen atoms in total. The van der Waals surface area contributed by atoms with E-state index in [1.807, 2.05) is 0 Å². The van der Waals surface area contributed by atoms with Crippen LogP contribution < -0.4 is 15.4 Å². The van der Waals surface area contributed by atoms with Gasteiger partial charge in [0.15, 0.2) is 5.75 Å². The monoisotopic (exact) mass is 439 g/mol. The minimum Gasteiger partial charge on any atom is -0.487 e. The second kappa shape index (κ2) is 9.73. The van der Waals surface area contributed by atoms with Gasteiger partial charge in [-0.3, -0.25) is 19.7 Å². The van der Waals surface area contributed by atoms with Crippen molar-refractivity contribution in [2.24, 2.45) is 0 Å². The highest BCUT2D eigenvalue weighted by molar-refractivity contribution is 6.31. The van der Waals surface area contributed by atoms with Crippen LogP contribution in [0.15, 0.2) is 66.7 Å². The summed E-state index contributed by atoms with van der Waals surface area (Å²) in [7, 11) is 0. The maximum atomic E-state index is 12.6. The number of hydrogen-bond donors (Lipinski definition) is 2. The molecule has 2 N–H and O–H groups in total. The number of amides is 2. The molecule has 0 radical (unpaired) electrons. The number of nitro benzene ring substituents is 1. The summed E-state index contributed by atoms with van der Waals surface area (Å²) in [6.07, 6.45) is 0. The molecule has 31 heavy (non-hydrogen) atoms. The van der Waals surface area contributed by atoms with Crippen LogP contribution in [0, 0.1) is 10.1 Å². The standard InChI is InChI=1S/C22H18ClN3O5/c1-2-31-20-10-9-15(12-19(20)26(29)30)22(28)25-18-8-4-7-17(13-18)24-21(27)14-5-3-6-16(23)11-14/h3-13H,2H2,1H3,(H,24,27)(H,25,28). The van der Waals surface area contributed by atoms with Gasteiger partial charge in [0.2, 0.25) is 0 Å². The molecule has 0 unspecified atom stereocenters. The van der Waals surface area contributed by atoms with E-state index in [0.29, 0.717) is 22.0 Å². The van der Waals surface area contributed by atoms with Gasteiger partial charge in [0, 0.05) is 33.6 Å². The number of rotatable bonds is 7. The second-order valence-corrected chi connectivity index (χ2v) is 6.81. The fourth-order valence-corrected chi connectivity index (χ4v) is 2.98. The van der Waals surface area contributed by atoms with E-state index in [2.05, 4.69) is 10.6 Å². The highest BCUT2D eigenvalue weighted by atomic mass is 35.5. The molecule has 9 heteroatoms. The molecule has 0 spiro atoms. The lowest BCUT2D eigenvalue weighted by Gasteiger charge is -2.10. The Balaban J connectivity index is 1.75. The zero-order chi connectivity index (χ0) is 22.4. The van der Waals surface area contributed by atoms with Gasteiger partial charge in [0.25, 0.3) is 11.8 Å². The van der Waals surface area contributed by atoms with E-state index in [-0.39, 0.29) is 29.5 Å². The minimum absolute atomic E-state index is 0.0924. The van der Waals surface area contributed by atoms with Crippen LogP contribution in [0.4, 0.5) is 17.1 Å². The predicted molar refractivity (Wildman–Crippen MR) is 118 cm³/mol. The third-order valence-electron chi connectivity index (χ3n) is 4.18. The first-order valence-electron chi connectivity index (χ1n) is 9.27. The van der Waals surface area contributed by atoms with Crippen molar-refractivity contribution in [3.8, 4) is 5.75 Å². The maximum absolute atomic E-state index is 12.6. The number of carbonyl (C=O) groups is 2. The maximum Gasteiger partial charge on any atom is 0.311 e. The third kappa shape index (κ3) is 5.58. The summed E-state index contributed by atoms with van der Waals surface area (Å²) in [6.45, 7) is 1.97. The third-order valence-corrected chi connectivity index (χ3v) is 4.42. The molecule has 0 saturated heterocycles. The van der Waals surface area contributed by atoms with Crippen molar-refractivity contribution in [2.45, 2.75) is 6.92 Å². The highest BCUT2D eigenvalue weighted by Crippen LogP contribution is 2.28. The van der Waals surface area contributed by atoms with Gasteiger partial charge in [-0.05, 0) is 55.5 Å². The molecule has 0 fully saturated rings. The fourth-order valence-electron chi connectivity index (χ4n) is 2.79. The quantitative estimate of drug-likeness (QED) is 0.390. The Morgan fingerprint density at radius 2 is 1.55 bits per heavy atom. The normalized spacial score (nSPS) is 10.3. The molecule has 158 valence electrons. The van der Waals surface area contributed by atoms with Crippen molar-refractivity contribution in [3.05, 3.63) is 93.0 Å². The minimum atomic E-state index is -0.603. The smallest absolute Gasteiger partial charge is 0.311 e. The topological polar surface area (TPSA) is 111 Å². The predicted octanol–water partition coefficient (Wildman–Crippen LogP) is 5.15. The molecule has 0 heterocycles. The molecule has 0 aliphatic rings. The van der Waals surface area contributed by atoms with Crippen LogP contribution in [0.25, 0.3) is 0 Å². The van der Waals surface area contributed by atoms with Crippen molar-refractivity contribution in [3.63, 3.8) is 0 Å². The van der Waals surface area contributed by atoms with Crippen molar-refractivity contribution in [2.75, 3.05) is 17.2 Å². The van der Waals surface area contributed by atoms with Crippen molar-refractivity contribution < 1.29 is 19.2 Å². The fraction of sp³-hybridized carbons (Fsp3) is 0.0909. The van der Waals surface area contributed by atoms with Crippen LogP contribution >= 0.6 is 11.6 Å². The Morgan fingerprint density at radius 3 is 2.13 bits per heavy atom. The zero-order valence-corrected chi connectivity index (χ0v) is 17.2. The van der Waals surface area contributed by atoms with E-state index in [0.717, 1.165) is 6.07 Å². The summed E-state index contributed by atoms with van der Waals surface area (Å²) < 4.78 is 5.23. The van der Waals surface area contributed by atoms with Crippen LogP contribution in [-0.2, 0) is 0 Å². The van der Waals surface area contributed by atoms with E-state index in [1.165, 1.54) is 12.1 Å². The van der Waals surface area contributed by atoms with Crippen LogP contribution in [0.3, 0.4) is 0 Å². The molecule has 0 saturated carbocycles. The summed E-state index contributed by atoms with van der Waals surface area (Å²) in [5.74, 6) is -0.799. The number of hydrogen-bond acceptors (Lipinski definition) is 5. The summed E-state index contributed by atoms with van der Waals surface area (Å²) in [4.78, 5) is 35.6. The number of nitrogens with one attached hydrogen (secondary N) is 2. The first kappa shape index (κ1) is 21.8. The van der Waals surface area contributed by atoms with Gasteiger partial charge in [-0.15, -0.1) is 0 Å². The van der Waals surface area contributed by atoms with Gasteiger partial charge in [-0.25, -0.2) is 0 Å². The van der Waals surface area contributed by atoms with Gasteiger partial charge in [0.1, 0.15) is 0 Å².